The van der Waals surface area contributed by atoms with Crippen molar-refractivity contribution in [3.05, 3.63) is 0 Å². The number of Topliss-reactive ketones (excluding diaryl/α,β-unsaturated/α-hetero) is 1. The van der Waals surface area contributed by atoms with Crippen LogP contribution in [0.2, 0.25) is 0 Å². The predicted octanol–water partition coefficient (Wildman–Crippen LogP) is 0.744. The van der Waals surface area contributed by atoms with Gasteiger partial charge in [0.2, 0.25) is 17.7 Å². The first-order chi connectivity index (χ1) is 14.9. The van der Waals surface area contributed by atoms with Crippen molar-refractivity contribution in [3.63, 3.8) is 0 Å². The molecule has 9 nitrogen and oxygen atoms in total. The molecule has 1 unspecified atom stereocenters. The van der Waals surface area contributed by atoms with Crippen LogP contribution in [0.5, 0.6) is 0 Å². The number of rotatable bonds is 11. The number of likely N-dealkylation sites (tertiary alicyclic amines) is 1. The first kappa shape index (κ1) is 26.3. The maximum Gasteiger partial charge on any atom is 0.243 e. The highest BCUT2D eigenvalue weighted by Gasteiger charge is 2.50. The van der Waals surface area contributed by atoms with E-state index in [-0.39, 0.29) is 29.4 Å². The number of epoxide rings is 1. The Kier molecular flexibility index (Phi) is 8.82. The molecule has 2 aliphatic heterocycles. The average molecular weight is 453 g/mol. The van der Waals surface area contributed by atoms with Crippen molar-refractivity contribution in [3.8, 4) is 0 Å². The standard InChI is InChI=1S/C23H40N4O5/c1-13(2)10-16(19(28)23(6)12-32-23)25-20(29)17(11-14(3)4)26-21(30)18-8-7-9-27(18)22(31)15(5)24/h13-18H,7-12,24H2,1-6H3,(H,25,29)(H,26,30)/t15-,16-,17-,18-,23?/m0/s1. The second-order valence-corrected chi connectivity index (χ2v) is 10.2. The minimum absolute atomic E-state index is 0.139. The minimum Gasteiger partial charge on any atom is -0.361 e. The van der Waals surface area contributed by atoms with Crippen LogP contribution in [-0.2, 0) is 23.9 Å². The highest BCUT2D eigenvalue weighted by molar-refractivity contribution is 5.98. The van der Waals surface area contributed by atoms with E-state index in [1.807, 2.05) is 27.7 Å². The number of nitrogens with two attached hydrogens (primary N) is 1. The molecule has 2 aliphatic rings. The lowest BCUT2D eigenvalue weighted by Gasteiger charge is -2.29. The normalized spacial score (nSPS) is 25.4. The van der Waals surface area contributed by atoms with Crippen LogP contribution in [0.1, 0.15) is 67.2 Å². The Hall–Kier alpha value is -2.00. The Morgan fingerprint density at radius 1 is 1.03 bits per heavy atom. The summed E-state index contributed by atoms with van der Waals surface area (Å²) in [7, 11) is 0. The van der Waals surface area contributed by atoms with E-state index in [0.717, 1.165) is 0 Å². The molecule has 0 radical (unpaired) electrons. The number of carbonyl (C=O) groups excluding carboxylic acids is 4. The number of hydrogen-bond acceptors (Lipinski definition) is 6. The van der Waals surface area contributed by atoms with Gasteiger partial charge in [0.15, 0.2) is 5.78 Å². The number of nitrogens with one attached hydrogen (secondary N) is 2. The first-order valence-electron chi connectivity index (χ1n) is 11.7. The molecule has 3 amide bonds. The summed E-state index contributed by atoms with van der Waals surface area (Å²) in [5.74, 6) is -0.827. The maximum atomic E-state index is 13.2. The van der Waals surface area contributed by atoms with E-state index in [2.05, 4.69) is 10.6 Å². The molecule has 0 saturated carbocycles. The third kappa shape index (κ3) is 6.75. The van der Waals surface area contributed by atoms with Crippen LogP contribution in [-0.4, -0.2) is 71.3 Å². The Morgan fingerprint density at radius 2 is 1.59 bits per heavy atom. The van der Waals surface area contributed by atoms with Crippen molar-refractivity contribution in [1.29, 1.82) is 0 Å². The lowest BCUT2D eigenvalue weighted by Crippen LogP contribution is -2.57. The van der Waals surface area contributed by atoms with Crippen molar-refractivity contribution in [2.75, 3.05) is 13.2 Å². The van der Waals surface area contributed by atoms with Crippen LogP contribution in [0.25, 0.3) is 0 Å². The van der Waals surface area contributed by atoms with Crippen molar-refractivity contribution < 1.29 is 23.9 Å². The number of ketones is 1. The maximum absolute atomic E-state index is 13.2. The third-order valence-corrected chi connectivity index (χ3v) is 6.01. The fourth-order valence-electron chi connectivity index (χ4n) is 4.13. The average Bonchev–Trinajstić information content (AvgIpc) is 3.25. The van der Waals surface area contributed by atoms with Crippen LogP contribution in [0.4, 0.5) is 0 Å². The first-order valence-corrected chi connectivity index (χ1v) is 11.7. The van der Waals surface area contributed by atoms with Crippen LogP contribution < -0.4 is 16.4 Å². The molecule has 0 aromatic rings. The number of amides is 3. The smallest absolute Gasteiger partial charge is 0.243 e. The van der Waals surface area contributed by atoms with E-state index in [1.165, 1.54) is 4.90 Å². The summed E-state index contributed by atoms with van der Waals surface area (Å²) in [5, 5.41) is 5.70. The van der Waals surface area contributed by atoms with Gasteiger partial charge in [-0.2, -0.15) is 0 Å². The van der Waals surface area contributed by atoms with Gasteiger partial charge in [0.05, 0.1) is 18.7 Å². The van der Waals surface area contributed by atoms with Crippen LogP contribution in [0, 0.1) is 11.8 Å². The summed E-state index contributed by atoms with van der Waals surface area (Å²) in [6.45, 7) is 12.1. The summed E-state index contributed by atoms with van der Waals surface area (Å²) < 4.78 is 5.29. The fourth-order valence-corrected chi connectivity index (χ4v) is 4.13. The largest absolute Gasteiger partial charge is 0.361 e. The lowest BCUT2D eigenvalue weighted by atomic mass is 9.92. The molecular weight excluding hydrogens is 412 g/mol. The van der Waals surface area contributed by atoms with Gasteiger partial charge in [0.25, 0.3) is 0 Å². The van der Waals surface area contributed by atoms with Gasteiger partial charge in [-0.1, -0.05) is 27.7 Å². The molecule has 32 heavy (non-hydrogen) atoms. The van der Waals surface area contributed by atoms with Crippen molar-refractivity contribution in [1.82, 2.24) is 15.5 Å². The Balaban J connectivity index is 2.12. The molecule has 182 valence electrons. The van der Waals surface area contributed by atoms with Gasteiger partial charge in [-0.05, 0) is 51.4 Å². The van der Waals surface area contributed by atoms with Gasteiger partial charge in [-0.15, -0.1) is 0 Å². The van der Waals surface area contributed by atoms with Crippen molar-refractivity contribution in [2.45, 2.75) is 97.0 Å². The zero-order chi connectivity index (χ0) is 24.2. The number of carbonyl (C=O) groups is 4. The predicted molar refractivity (Wildman–Crippen MR) is 121 cm³/mol. The molecule has 2 saturated heterocycles. The zero-order valence-electron chi connectivity index (χ0n) is 20.3. The van der Waals surface area contributed by atoms with Crippen molar-refractivity contribution >= 4 is 23.5 Å². The Morgan fingerprint density at radius 3 is 2.09 bits per heavy atom. The zero-order valence-corrected chi connectivity index (χ0v) is 20.3. The highest BCUT2D eigenvalue weighted by atomic mass is 16.6. The van der Waals surface area contributed by atoms with Crippen LogP contribution >= 0.6 is 0 Å². The molecule has 2 rings (SSSR count). The summed E-state index contributed by atoms with van der Waals surface area (Å²) in [6.07, 6.45) is 2.15. The summed E-state index contributed by atoms with van der Waals surface area (Å²) in [4.78, 5) is 53.0. The Bertz CT molecular complexity index is 717. The van der Waals surface area contributed by atoms with Gasteiger partial charge in [0, 0.05) is 6.54 Å². The van der Waals surface area contributed by atoms with Crippen LogP contribution in [0.15, 0.2) is 0 Å². The van der Waals surface area contributed by atoms with Gasteiger partial charge in [-0.25, -0.2) is 0 Å². The molecule has 5 atom stereocenters. The van der Waals surface area contributed by atoms with E-state index in [1.54, 1.807) is 13.8 Å². The molecule has 0 aromatic carbocycles. The monoisotopic (exact) mass is 452 g/mol. The second-order valence-electron chi connectivity index (χ2n) is 10.2. The molecule has 0 aliphatic carbocycles. The molecule has 0 bridgehead atoms. The van der Waals surface area contributed by atoms with Crippen molar-refractivity contribution in [2.24, 2.45) is 17.6 Å². The topological polar surface area (TPSA) is 134 Å². The third-order valence-electron chi connectivity index (χ3n) is 6.01. The van der Waals surface area contributed by atoms with E-state index in [4.69, 9.17) is 10.5 Å². The highest BCUT2D eigenvalue weighted by Crippen LogP contribution is 2.29. The van der Waals surface area contributed by atoms with Gasteiger partial charge in [-0.3, -0.25) is 19.2 Å². The molecule has 9 heteroatoms. The quantitative estimate of drug-likeness (QED) is 0.396. The lowest BCUT2D eigenvalue weighted by molar-refractivity contribution is -0.140. The SMILES string of the molecule is CC(C)C[C@H](NC(=O)[C@@H]1CCCN1C(=O)[C@H](C)N)C(=O)N[C@@H](CC(C)C)C(=O)C1(C)CO1. The van der Waals surface area contributed by atoms with Gasteiger partial charge in [0.1, 0.15) is 17.7 Å². The van der Waals surface area contributed by atoms with E-state index < -0.39 is 35.7 Å². The van der Waals surface area contributed by atoms with Gasteiger partial charge < -0.3 is 26.0 Å². The molecule has 0 aromatic heterocycles. The van der Waals surface area contributed by atoms with E-state index in [0.29, 0.717) is 38.8 Å². The fraction of sp³-hybridized carbons (Fsp3) is 0.826. The second kappa shape index (κ2) is 10.7. The van der Waals surface area contributed by atoms with E-state index in [9.17, 15) is 19.2 Å². The number of hydrogen-bond donors (Lipinski definition) is 3. The molecule has 2 heterocycles. The summed E-state index contributed by atoms with van der Waals surface area (Å²) in [6, 6.07) is -2.80. The summed E-state index contributed by atoms with van der Waals surface area (Å²) in [5.41, 5.74) is 4.89. The molecular formula is C23H40N4O5. The molecule has 2 fully saturated rings. The molecule has 0 spiro atoms. The Labute approximate surface area is 191 Å². The summed E-state index contributed by atoms with van der Waals surface area (Å²) >= 11 is 0. The van der Waals surface area contributed by atoms with E-state index >= 15 is 0 Å². The van der Waals surface area contributed by atoms with Gasteiger partial charge >= 0.3 is 0 Å². The van der Waals surface area contributed by atoms with Crippen LogP contribution in [0.3, 0.4) is 0 Å². The minimum atomic E-state index is -0.840. The number of ether oxygens (including phenoxy) is 1. The number of nitrogens with zero attached hydrogens (tertiary/aromatic N) is 1. The molecule has 4 N–H and O–H groups in total.